The van der Waals surface area contributed by atoms with E-state index in [0.29, 0.717) is 16.7 Å². The first-order valence-corrected chi connectivity index (χ1v) is 8.94. The van der Waals surface area contributed by atoms with Crippen LogP contribution in [0.3, 0.4) is 0 Å². The van der Waals surface area contributed by atoms with Gasteiger partial charge < -0.3 is 20.5 Å². The molecular weight excluding hydrogens is 453 g/mol. The Hall–Kier alpha value is -0.730. The van der Waals surface area contributed by atoms with Crippen molar-refractivity contribution in [2.75, 3.05) is 32.2 Å². The lowest BCUT2D eigenvalue weighted by Gasteiger charge is -2.27. The van der Waals surface area contributed by atoms with E-state index in [1.54, 1.807) is 19.2 Å². The van der Waals surface area contributed by atoms with Crippen molar-refractivity contribution in [3.8, 4) is 5.75 Å². The molecule has 0 amide bonds. The molecule has 0 bridgehead atoms. The number of guanidine groups is 1. The fourth-order valence-corrected chi connectivity index (χ4v) is 3.49. The molecule has 7 heteroatoms. The molecule has 0 spiro atoms. The summed E-state index contributed by atoms with van der Waals surface area (Å²) in [5, 5.41) is 3.64. The van der Waals surface area contributed by atoms with Gasteiger partial charge in [-0.2, -0.15) is 0 Å². The largest absolute Gasteiger partial charge is 0.495 e. The number of nitrogens with two attached hydrogens (primary N) is 1. The summed E-state index contributed by atoms with van der Waals surface area (Å²) in [7, 11) is 1.59. The molecule has 1 aliphatic carbocycles. The zero-order valence-corrected chi connectivity index (χ0v) is 18.1. The fourth-order valence-electron chi connectivity index (χ4n) is 3.23. The number of halogens is 2. The van der Waals surface area contributed by atoms with Crippen molar-refractivity contribution in [3.05, 3.63) is 23.2 Å². The van der Waals surface area contributed by atoms with Gasteiger partial charge in [-0.1, -0.05) is 24.4 Å². The van der Waals surface area contributed by atoms with Gasteiger partial charge >= 0.3 is 0 Å². The van der Waals surface area contributed by atoms with Crippen LogP contribution in [0.15, 0.2) is 23.2 Å². The van der Waals surface area contributed by atoms with Gasteiger partial charge in [-0.25, -0.2) is 0 Å². The first-order chi connectivity index (χ1) is 11.6. The Kier molecular flexibility index (Phi) is 9.89. The summed E-state index contributed by atoms with van der Waals surface area (Å²) in [5.41, 5.74) is 7.09. The Morgan fingerprint density at radius 1 is 1.36 bits per heavy atom. The highest BCUT2D eigenvalue weighted by Gasteiger charge is 2.33. The van der Waals surface area contributed by atoms with Gasteiger partial charge in [0.25, 0.3) is 0 Å². The minimum Gasteiger partial charge on any atom is -0.495 e. The molecule has 0 aliphatic heterocycles. The van der Waals surface area contributed by atoms with Crippen LogP contribution in [0.25, 0.3) is 0 Å². The summed E-state index contributed by atoms with van der Waals surface area (Å²) < 4.78 is 10.7. The molecule has 0 heterocycles. The Balaban J connectivity index is 0.00000312. The van der Waals surface area contributed by atoms with Crippen LogP contribution in [0.4, 0.5) is 5.69 Å². The number of anilines is 1. The molecular formula is C18H29ClIN3O2. The summed E-state index contributed by atoms with van der Waals surface area (Å²) in [6.07, 6.45) is 5.98. The van der Waals surface area contributed by atoms with Gasteiger partial charge in [-0.15, -0.1) is 24.0 Å². The van der Waals surface area contributed by atoms with Crippen molar-refractivity contribution >= 4 is 47.2 Å². The second kappa shape index (κ2) is 11.1. The molecule has 1 aromatic carbocycles. The molecule has 3 N–H and O–H groups in total. The molecule has 0 radical (unpaired) electrons. The summed E-state index contributed by atoms with van der Waals surface area (Å²) in [5.74, 6) is 1.05. The quantitative estimate of drug-likeness (QED) is 0.245. The Bertz CT molecular complexity index is 563. The van der Waals surface area contributed by atoms with Crippen LogP contribution in [-0.2, 0) is 4.74 Å². The second-order valence-electron chi connectivity index (χ2n) is 6.33. The molecule has 5 nitrogen and oxygen atoms in total. The Morgan fingerprint density at radius 2 is 2.08 bits per heavy atom. The van der Waals surface area contributed by atoms with Crippen LogP contribution in [0.2, 0.25) is 5.02 Å². The number of hydrogen-bond donors (Lipinski definition) is 2. The van der Waals surface area contributed by atoms with Gasteiger partial charge in [0.15, 0.2) is 5.96 Å². The first kappa shape index (κ1) is 22.3. The van der Waals surface area contributed by atoms with E-state index in [1.807, 2.05) is 13.0 Å². The van der Waals surface area contributed by atoms with Gasteiger partial charge in [0.2, 0.25) is 0 Å². The maximum absolute atomic E-state index is 6.13. The van der Waals surface area contributed by atoms with Gasteiger partial charge in [0.1, 0.15) is 5.75 Å². The summed E-state index contributed by atoms with van der Waals surface area (Å²) in [4.78, 5) is 4.58. The van der Waals surface area contributed by atoms with Crippen molar-refractivity contribution in [2.24, 2.45) is 16.1 Å². The minimum atomic E-state index is 0. The van der Waals surface area contributed by atoms with Crippen LogP contribution in [0, 0.1) is 5.41 Å². The number of nitrogens with zero attached hydrogens (tertiary/aromatic N) is 1. The standard InChI is InChI=1S/C18H28ClN3O2.HI/c1-3-24-11-10-18(8-4-5-9-18)13-21-17(20)22-14-6-7-16(23-2)15(19)12-14;/h6-7,12H,3-5,8-11,13H2,1-2H3,(H3,20,21,22);1H. The topological polar surface area (TPSA) is 68.9 Å². The molecule has 0 unspecified atom stereocenters. The molecule has 0 atom stereocenters. The molecule has 1 aromatic rings. The molecule has 142 valence electrons. The van der Waals surface area contributed by atoms with E-state index >= 15 is 0 Å². The summed E-state index contributed by atoms with van der Waals surface area (Å²) >= 11 is 6.13. The zero-order chi connectivity index (χ0) is 17.4. The zero-order valence-electron chi connectivity index (χ0n) is 15.0. The third kappa shape index (κ3) is 6.83. The molecule has 0 saturated heterocycles. The molecule has 0 aromatic heterocycles. The molecule has 2 rings (SSSR count). The van der Waals surface area contributed by atoms with Crippen LogP contribution in [-0.4, -0.2) is 32.8 Å². The predicted molar refractivity (Wildman–Crippen MR) is 116 cm³/mol. The molecule has 1 saturated carbocycles. The van der Waals surface area contributed by atoms with Gasteiger partial charge in [-0.05, 0) is 49.8 Å². The Labute approximate surface area is 172 Å². The SMILES string of the molecule is CCOCCC1(CN=C(N)Nc2ccc(OC)c(Cl)c2)CCCC1.I. The number of rotatable bonds is 8. The molecule has 1 aliphatic rings. The van der Waals surface area contributed by atoms with Gasteiger partial charge in [0, 0.05) is 25.4 Å². The van der Waals surface area contributed by atoms with Crippen molar-refractivity contribution < 1.29 is 9.47 Å². The van der Waals surface area contributed by atoms with E-state index < -0.39 is 0 Å². The summed E-state index contributed by atoms with van der Waals surface area (Å²) in [6.45, 7) is 4.33. The Morgan fingerprint density at radius 3 is 2.68 bits per heavy atom. The maximum Gasteiger partial charge on any atom is 0.193 e. The van der Waals surface area contributed by atoms with Crippen LogP contribution in [0.1, 0.15) is 39.0 Å². The number of nitrogens with one attached hydrogen (secondary N) is 1. The van der Waals surface area contributed by atoms with Crippen LogP contribution in [0.5, 0.6) is 5.75 Å². The number of methoxy groups -OCH3 is 1. The van der Waals surface area contributed by atoms with Crippen LogP contribution >= 0.6 is 35.6 Å². The lowest BCUT2D eigenvalue weighted by Crippen LogP contribution is -2.28. The van der Waals surface area contributed by atoms with Gasteiger partial charge in [-0.3, -0.25) is 4.99 Å². The van der Waals surface area contributed by atoms with E-state index in [9.17, 15) is 0 Å². The normalized spacial score (nSPS) is 16.4. The second-order valence-corrected chi connectivity index (χ2v) is 6.74. The third-order valence-corrected chi connectivity index (χ3v) is 4.95. The van der Waals surface area contributed by atoms with E-state index in [2.05, 4.69) is 10.3 Å². The predicted octanol–water partition coefficient (Wildman–Crippen LogP) is 4.68. The highest BCUT2D eigenvalue weighted by Crippen LogP contribution is 2.41. The number of aliphatic imine (C=N–C) groups is 1. The number of benzene rings is 1. The van der Waals surface area contributed by atoms with E-state index in [4.69, 9.17) is 26.8 Å². The smallest absolute Gasteiger partial charge is 0.193 e. The number of ether oxygens (including phenoxy) is 2. The van der Waals surface area contributed by atoms with E-state index in [0.717, 1.165) is 31.9 Å². The average Bonchev–Trinajstić information content (AvgIpc) is 3.03. The van der Waals surface area contributed by atoms with Crippen molar-refractivity contribution in [2.45, 2.75) is 39.0 Å². The lowest BCUT2D eigenvalue weighted by atomic mass is 9.83. The first-order valence-electron chi connectivity index (χ1n) is 8.57. The highest BCUT2D eigenvalue weighted by atomic mass is 127. The fraction of sp³-hybridized carbons (Fsp3) is 0.611. The van der Waals surface area contributed by atoms with Crippen LogP contribution < -0.4 is 15.8 Å². The minimum absolute atomic E-state index is 0. The van der Waals surface area contributed by atoms with Gasteiger partial charge in [0.05, 0.1) is 12.1 Å². The van der Waals surface area contributed by atoms with E-state index in [-0.39, 0.29) is 29.4 Å². The third-order valence-electron chi connectivity index (χ3n) is 4.65. The van der Waals surface area contributed by atoms with Crippen molar-refractivity contribution in [1.29, 1.82) is 0 Å². The summed E-state index contributed by atoms with van der Waals surface area (Å²) in [6, 6.07) is 5.45. The highest BCUT2D eigenvalue weighted by molar-refractivity contribution is 14.0. The van der Waals surface area contributed by atoms with Crippen molar-refractivity contribution in [3.63, 3.8) is 0 Å². The lowest BCUT2D eigenvalue weighted by molar-refractivity contribution is 0.107. The molecule has 1 fully saturated rings. The van der Waals surface area contributed by atoms with Crippen molar-refractivity contribution in [1.82, 2.24) is 0 Å². The average molecular weight is 482 g/mol. The molecule has 25 heavy (non-hydrogen) atoms. The van der Waals surface area contributed by atoms with E-state index in [1.165, 1.54) is 25.7 Å². The number of hydrogen-bond acceptors (Lipinski definition) is 3. The maximum atomic E-state index is 6.13. The monoisotopic (exact) mass is 481 g/mol.